The third-order valence-electron chi connectivity index (χ3n) is 8.96. The van der Waals surface area contributed by atoms with Gasteiger partial charge in [-0.1, -0.05) is 104 Å². The van der Waals surface area contributed by atoms with Gasteiger partial charge in [-0.3, -0.25) is 9.59 Å². The number of amides is 1. The Bertz CT molecular complexity index is 1600. The van der Waals surface area contributed by atoms with Gasteiger partial charge in [0.2, 0.25) is 5.91 Å². The van der Waals surface area contributed by atoms with Crippen molar-refractivity contribution in [2.45, 2.75) is 83.3 Å². The first-order valence-electron chi connectivity index (χ1n) is 16.0. The van der Waals surface area contributed by atoms with Gasteiger partial charge >= 0.3 is 0 Å². The molecule has 0 unspecified atom stereocenters. The van der Waals surface area contributed by atoms with Crippen LogP contribution in [0.3, 0.4) is 0 Å². The molecule has 1 amide bonds. The zero-order chi connectivity index (χ0) is 32.2. The summed E-state index contributed by atoms with van der Waals surface area (Å²) in [5, 5.41) is 6.99. The van der Waals surface area contributed by atoms with Crippen molar-refractivity contribution >= 4 is 11.7 Å². The Kier molecular flexibility index (Phi) is 9.69. The van der Waals surface area contributed by atoms with E-state index in [4.69, 9.17) is 0 Å². The number of nitrogens with one attached hydrogen (secondary N) is 2. The molecule has 4 nitrogen and oxygen atoms in total. The van der Waals surface area contributed by atoms with E-state index in [0.717, 1.165) is 35.1 Å². The summed E-state index contributed by atoms with van der Waals surface area (Å²) in [6, 6.07) is 32.8. The number of ketones is 1. The summed E-state index contributed by atoms with van der Waals surface area (Å²) in [5.74, 6) is -1.63. The molecular weight excluding hydrogens is 559 g/mol. The topological polar surface area (TPSA) is 58.2 Å². The maximum absolute atomic E-state index is 15.2. The van der Waals surface area contributed by atoms with Crippen LogP contribution >= 0.6 is 0 Å². The van der Waals surface area contributed by atoms with E-state index < -0.39 is 11.8 Å². The van der Waals surface area contributed by atoms with E-state index in [1.54, 1.807) is 13.0 Å². The summed E-state index contributed by atoms with van der Waals surface area (Å²) in [5.41, 5.74) is 4.90. The lowest BCUT2D eigenvalue weighted by Gasteiger charge is -2.46. The van der Waals surface area contributed by atoms with Crippen LogP contribution in [0.2, 0.25) is 0 Å². The van der Waals surface area contributed by atoms with Crippen molar-refractivity contribution in [2.24, 2.45) is 5.92 Å². The highest BCUT2D eigenvalue weighted by Gasteiger charge is 2.39. The van der Waals surface area contributed by atoms with Gasteiger partial charge in [0.25, 0.3) is 0 Å². The molecule has 2 atom stereocenters. The summed E-state index contributed by atoms with van der Waals surface area (Å²) in [6.45, 7) is 10.4. The van der Waals surface area contributed by atoms with Gasteiger partial charge < -0.3 is 10.6 Å². The molecule has 0 spiro atoms. The average Bonchev–Trinajstić information content (AvgIpc) is 3.00. The van der Waals surface area contributed by atoms with E-state index in [1.807, 2.05) is 66.7 Å². The van der Waals surface area contributed by atoms with E-state index in [-0.39, 0.29) is 41.0 Å². The number of carbonyl (C=O) groups is 2. The lowest BCUT2D eigenvalue weighted by atomic mass is 9.79. The summed E-state index contributed by atoms with van der Waals surface area (Å²) in [6.07, 6.45) is 2.13. The molecular formula is C40H45FN2O2. The van der Waals surface area contributed by atoms with Crippen LogP contribution in [0.15, 0.2) is 103 Å². The average molecular weight is 605 g/mol. The third kappa shape index (κ3) is 8.34. The molecule has 5 heteroatoms. The second-order valence-electron chi connectivity index (χ2n) is 14.0. The fraction of sp³-hybridized carbons (Fsp3) is 0.350. The Morgan fingerprint density at radius 3 is 1.93 bits per heavy atom. The van der Waals surface area contributed by atoms with Gasteiger partial charge in [0.15, 0.2) is 0 Å². The zero-order valence-electron chi connectivity index (χ0n) is 27.1. The number of hydrogen-bond acceptors (Lipinski definition) is 3. The molecule has 0 bridgehead atoms. The van der Waals surface area contributed by atoms with Crippen molar-refractivity contribution in [3.05, 3.63) is 120 Å². The zero-order valence-corrected chi connectivity index (χ0v) is 27.1. The Balaban J connectivity index is 1.35. The molecule has 0 aliphatic carbocycles. The maximum Gasteiger partial charge on any atom is 0.224 e. The quantitative estimate of drug-likeness (QED) is 0.191. The number of benzene rings is 4. The minimum absolute atomic E-state index is 0.00106. The van der Waals surface area contributed by atoms with Crippen LogP contribution in [-0.2, 0) is 16.0 Å². The van der Waals surface area contributed by atoms with E-state index in [1.165, 1.54) is 6.07 Å². The third-order valence-corrected chi connectivity index (χ3v) is 8.96. The van der Waals surface area contributed by atoms with Gasteiger partial charge in [0.1, 0.15) is 11.6 Å². The highest BCUT2D eigenvalue weighted by molar-refractivity contribution is 5.91. The van der Waals surface area contributed by atoms with Crippen molar-refractivity contribution in [1.82, 2.24) is 10.6 Å². The summed E-state index contributed by atoms with van der Waals surface area (Å²) in [7, 11) is 0. The van der Waals surface area contributed by atoms with E-state index >= 15 is 4.39 Å². The van der Waals surface area contributed by atoms with Crippen molar-refractivity contribution in [2.75, 3.05) is 0 Å². The van der Waals surface area contributed by atoms with Gasteiger partial charge in [-0.2, -0.15) is 0 Å². The molecule has 4 aromatic carbocycles. The Hall–Kier alpha value is -4.09. The number of rotatable bonds is 10. The largest absolute Gasteiger partial charge is 0.353 e. The highest BCUT2D eigenvalue weighted by atomic mass is 19.1. The first kappa shape index (κ1) is 32.3. The van der Waals surface area contributed by atoms with E-state index in [2.05, 4.69) is 62.6 Å². The molecule has 2 N–H and O–H groups in total. The number of halogens is 1. The normalized spacial score (nSPS) is 17.3. The fourth-order valence-electron chi connectivity index (χ4n) is 7.01. The Morgan fingerprint density at radius 2 is 1.36 bits per heavy atom. The molecule has 0 saturated carbocycles. The summed E-state index contributed by atoms with van der Waals surface area (Å²) >= 11 is 0. The molecule has 0 radical (unpaired) electrons. The van der Waals surface area contributed by atoms with Crippen molar-refractivity contribution in [1.29, 1.82) is 0 Å². The lowest BCUT2D eigenvalue weighted by Crippen LogP contribution is -2.62. The van der Waals surface area contributed by atoms with Gasteiger partial charge in [-0.05, 0) is 80.8 Å². The molecule has 45 heavy (non-hydrogen) atoms. The first-order valence-corrected chi connectivity index (χ1v) is 16.0. The molecule has 4 aromatic rings. The molecule has 1 heterocycles. The molecule has 1 aliphatic heterocycles. The van der Waals surface area contributed by atoms with Gasteiger partial charge in [-0.25, -0.2) is 4.39 Å². The predicted octanol–water partition coefficient (Wildman–Crippen LogP) is 8.51. The summed E-state index contributed by atoms with van der Waals surface area (Å²) in [4.78, 5) is 27.7. The lowest BCUT2D eigenvalue weighted by molar-refractivity contribution is -0.130. The van der Waals surface area contributed by atoms with Crippen LogP contribution in [0.25, 0.3) is 22.3 Å². The number of hydrogen-bond donors (Lipinski definition) is 2. The molecule has 234 valence electrons. The van der Waals surface area contributed by atoms with E-state index in [0.29, 0.717) is 17.5 Å². The van der Waals surface area contributed by atoms with Gasteiger partial charge in [-0.15, -0.1) is 0 Å². The molecule has 1 saturated heterocycles. The molecule has 5 rings (SSSR count). The second kappa shape index (κ2) is 13.5. The fourth-order valence-corrected chi connectivity index (χ4v) is 7.01. The van der Waals surface area contributed by atoms with Crippen molar-refractivity contribution in [3.8, 4) is 22.3 Å². The van der Waals surface area contributed by atoms with Crippen molar-refractivity contribution in [3.63, 3.8) is 0 Å². The highest BCUT2D eigenvalue weighted by Crippen LogP contribution is 2.31. The van der Waals surface area contributed by atoms with Gasteiger partial charge in [0.05, 0.1) is 0 Å². The monoisotopic (exact) mass is 604 g/mol. The molecule has 1 fully saturated rings. The molecule has 0 aromatic heterocycles. The summed E-state index contributed by atoms with van der Waals surface area (Å²) < 4.78 is 15.2. The number of Topliss-reactive ketones (excluding diaryl/α,β-unsaturated/α-hetero) is 1. The Labute approximate surface area is 267 Å². The van der Waals surface area contributed by atoms with Crippen LogP contribution in [-0.4, -0.2) is 28.8 Å². The van der Waals surface area contributed by atoms with Gasteiger partial charge in [0, 0.05) is 40.9 Å². The SMILES string of the molecule is C[C@H](C(=O)C[C@@H](Cc1ccc(-c2ccccc2)cc1)C(=O)NC1CC(C)(C)NC(C)(C)C1)c1ccc(-c2ccccc2)c(F)c1. The predicted molar refractivity (Wildman–Crippen MR) is 181 cm³/mol. The smallest absolute Gasteiger partial charge is 0.224 e. The van der Waals surface area contributed by atoms with E-state index in [9.17, 15) is 9.59 Å². The number of carbonyl (C=O) groups excluding carboxylic acids is 2. The Morgan fingerprint density at radius 1 is 0.800 bits per heavy atom. The standard InChI is InChI=1S/C40H45FN2O2/c1-27(32-20-21-35(36(41)23-32)31-14-10-7-11-15-31)37(44)24-33(38(45)42-34-25-39(2,3)43-40(4,5)26-34)22-28-16-18-30(19-17-28)29-12-8-6-9-13-29/h6-21,23,27,33-34,43H,22,24-26H2,1-5H3,(H,42,45)/t27-,33+/m0/s1. The number of piperidine rings is 1. The van der Waals surface area contributed by atoms with Crippen LogP contribution in [0.5, 0.6) is 0 Å². The maximum atomic E-state index is 15.2. The minimum atomic E-state index is -0.545. The first-order chi connectivity index (χ1) is 21.4. The minimum Gasteiger partial charge on any atom is -0.353 e. The van der Waals surface area contributed by atoms with Crippen LogP contribution in [0.4, 0.5) is 4.39 Å². The van der Waals surface area contributed by atoms with Crippen molar-refractivity contribution < 1.29 is 14.0 Å². The molecule has 1 aliphatic rings. The van der Waals surface area contributed by atoms with Crippen LogP contribution in [0.1, 0.15) is 70.9 Å². The van der Waals surface area contributed by atoms with Crippen LogP contribution < -0.4 is 10.6 Å². The second-order valence-corrected chi connectivity index (χ2v) is 14.0. The van der Waals surface area contributed by atoms with Crippen LogP contribution in [0, 0.1) is 11.7 Å².